The van der Waals surface area contributed by atoms with Crippen molar-refractivity contribution in [2.45, 2.75) is 0 Å². The van der Waals surface area contributed by atoms with Gasteiger partial charge in [0.1, 0.15) is 11.6 Å². The molecule has 0 aliphatic rings. The largest absolute Gasteiger partial charge is 0.495 e. The summed E-state index contributed by atoms with van der Waals surface area (Å²) in [6, 6.07) is 3.46. The molecule has 0 unspecified atom stereocenters. The number of nitrogens with one attached hydrogen (secondary N) is 1. The molecule has 0 aliphatic carbocycles. The molecule has 0 fully saturated rings. The quantitative estimate of drug-likeness (QED) is 0.748. The molecule has 21 heavy (non-hydrogen) atoms. The Labute approximate surface area is 130 Å². The lowest BCUT2D eigenvalue weighted by atomic mass is 10.2. The number of nitrogens with zero attached hydrogens (tertiary/aromatic N) is 4. The second kappa shape index (κ2) is 5.38. The highest BCUT2D eigenvalue weighted by molar-refractivity contribution is 6.33. The first-order valence-electron chi connectivity index (χ1n) is 6.03. The Hall–Kier alpha value is -2.05. The SMILES string of the molecule is COc1cc2c(Nc3cnn(C)c3)nc(Cl)nc2cc1Cl. The number of anilines is 2. The minimum atomic E-state index is 0.134. The van der Waals surface area contributed by atoms with Gasteiger partial charge in [0.25, 0.3) is 0 Å². The summed E-state index contributed by atoms with van der Waals surface area (Å²) < 4.78 is 6.91. The number of fused-ring (bicyclic) bond motifs is 1. The zero-order valence-electron chi connectivity index (χ0n) is 11.3. The predicted molar refractivity (Wildman–Crippen MR) is 82.6 cm³/mol. The van der Waals surface area contributed by atoms with E-state index in [0.29, 0.717) is 22.1 Å². The van der Waals surface area contributed by atoms with Crippen molar-refractivity contribution in [1.29, 1.82) is 0 Å². The minimum Gasteiger partial charge on any atom is -0.495 e. The highest BCUT2D eigenvalue weighted by Crippen LogP contribution is 2.33. The standard InChI is InChI=1S/C13H11Cl2N5O/c1-20-6-7(5-16-20)17-12-8-3-11(21-2)9(14)4-10(8)18-13(15)19-12/h3-6H,1-2H3,(H,17,18,19). The summed E-state index contributed by atoms with van der Waals surface area (Å²) in [6.07, 6.45) is 3.52. The van der Waals surface area contributed by atoms with E-state index in [4.69, 9.17) is 27.9 Å². The van der Waals surface area contributed by atoms with Crippen LogP contribution in [0.25, 0.3) is 10.9 Å². The highest BCUT2D eigenvalue weighted by Gasteiger charge is 2.12. The van der Waals surface area contributed by atoms with Crippen LogP contribution < -0.4 is 10.1 Å². The topological polar surface area (TPSA) is 64.9 Å². The lowest BCUT2D eigenvalue weighted by Crippen LogP contribution is -1.97. The van der Waals surface area contributed by atoms with Crippen molar-refractivity contribution in [2.24, 2.45) is 7.05 Å². The number of methoxy groups -OCH3 is 1. The fourth-order valence-corrected chi connectivity index (χ4v) is 2.39. The first-order valence-corrected chi connectivity index (χ1v) is 6.79. The Balaban J connectivity index is 2.15. The second-order valence-corrected chi connectivity index (χ2v) is 5.12. The molecular formula is C13H11Cl2N5O. The van der Waals surface area contributed by atoms with E-state index in [2.05, 4.69) is 20.4 Å². The summed E-state index contributed by atoms with van der Waals surface area (Å²) >= 11 is 12.1. The summed E-state index contributed by atoms with van der Waals surface area (Å²) in [6.45, 7) is 0. The van der Waals surface area contributed by atoms with Crippen LogP contribution in [0.3, 0.4) is 0 Å². The van der Waals surface area contributed by atoms with Crippen LogP contribution in [0.15, 0.2) is 24.5 Å². The van der Waals surface area contributed by atoms with E-state index in [-0.39, 0.29) is 5.28 Å². The van der Waals surface area contributed by atoms with E-state index in [1.54, 1.807) is 30.1 Å². The summed E-state index contributed by atoms with van der Waals surface area (Å²) in [4.78, 5) is 8.39. The van der Waals surface area contributed by atoms with Crippen LogP contribution in [-0.4, -0.2) is 26.9 Å². The zero-order chi connectivity index (χ0) is 15.0. The molecule has 108 valence electrons. The van der Waals surface area contributed by atoms with Gasteiger partial charge in [0.15, 0.2) is 0 Å². The van der Waals surface area contributed by atoms with Crippen LogP contribution in [0.4, 0.5) is 11.5 Å². The minimum absolute atomic E-state index is 0.134. The third-order valence-corrected chi connectivity index (χ3v) is 3.37. The molecular weight excluding hydrogens is 313 g/mol. The molecule has 6 nitrogen and oxygen atoms in total. The van der Waals surface area contributed by atoms with Gasteiger partial charge in [-0.15, -0.1) is 0 Å². The zero-order valence-corrected chi connectivity index (χ0v) is 12.8. The third kappa shape index (κ3) is 2.72. The first kappa shape index (κ1) is 13.9. The number of benzene rings is 1. The molecule has 3 aromatic rings. The van der Waals surface area contributed by atoms with Gasteiger partial charge in [0.05, 0.1) is 29.5 Å². The average Bonchev–Trinajstić information content (AvgIpc) is 2.83. The Kier molecular flexibility index (Phi) is 3.57. The van der Waals surface area contributed by atoms with Gasteiger partial charge in [-0.1, -0.05) is 11.6 Å². The van der Waals surface area contributed by atoms with Gasteiger partial charge in [-0.05, 0) is 23.7 Å². The van der Waals surface area contributed by atoms with Crippen LogP contribution in [0, 0.1) is 0 Å². The maximum atomic E-state index is 6.11. The number of rotatable bonds is 3. The Morgan fingerprint density at radius 1 is 1.24 bits per heavy atom. The lowest BCUT2D eigenvalue weighted by molar-refractivity contribution is 0.415. The molecule has 0 amide bonds. The monoisotopic (exact) mass is 323 g/mol. The van der Waals surface area contributed by atoms with Gasteiger partial charge >= 0.3 is 0 Å². The van der Waals surface area contributed by atoms with E-state index in [9.17, 15) is 0 Å². The van der Waals surface area contributed by atoms with Crippen molar-refractivity contribution in [3.8, 4) is 5.75 Å². The van der Waals surface area contributed by atoms with Crippen molar-refractivity contribution in [3.63, 3.8) is 0 Å². The van der Waals surface area contributed by atoms with Gasteiger partial charge < -0.3 is 10.1 Å². The van der Waals surface area contributed by atoms with Gasteiger partial charge in [-0.25, -0.2) is 4.98 Å². The van der Waals surface area contributed by atoms with Crippen LogP contribution in [0.1, 0.15) is 0 Å². The van der Waals surface area contributed by atoms with Crippen LogP contribution in [-0.2, 0) is 7.05 Å². The first-order chi connectivity index (χ1) is 10.1. The van der Waals surface area contributed by atoms with Crippen molar-refractivity contribution in [1.82, 2.24) is 19.7 Å². The number of halogens is 2. The summed E-state index contributed by atoms with van der Waals surface area (Å²) in [5, 5.41) is 8.61. The Morgan fingerprint density at radius 3 is 2.71 bits per heavy atom. The van der Waals surface area contributed by atoms with Crippen LogP contribution >= 0.6 is 23.2 Å². The molecule has 0 atom stereocenters. The molecule has 8 heteroatoms. The Morgan fingerprint density at radius 2 is 2.05 bits per heavy atom. The van der Waals surface area contributed by atoms with Crippen molar-refractivity contribution < 1.29 is 4.74 Å². The summed E-state index contributed by atoms with van der Waals surface area (Å²) in [5.74, 6) is 1.11. The highest BCUT2D eigenvalue weighted by atomic mass is 35.5. The van der Waals surface area contributed by atoms with Crippen molar-refractivity contribution in [3.05, 3.63) is 34.8 Å². The normalized spacial score (nSPS) is 10.9. The second-order valence-electron chi connectivity index (χ2n) is 4.37. The maximum absolute atomic E-state index is 6.11. The smallest absolute Gasteiger partial charge is 0.224 e. The number of aromatic nitrogens is 4. The molecule has 0 spiro atoms. The van der Waals surface area contributed by atoms with Crippen LogP contribution in [0.2, 0.25) is 10.3 Å². The summed E-state index contributed by atoms with van der Waals surface area (Å²) in [7, 11) is 3.39. The molecule has 2 aromatic heterocycles. The molecule has 0 aliphatic heterocycles. The molecule has 0 saturated heterocycles. The predicted octanol–water partition coefficient (Wildman–Crippen LogP) is 3.42. The molecule has 1 aromatic carbocycles. The molecule has 0 saturated carbocycles. The van der Waals surface area contributed by atoms with Crippen molar-refractivity contribution >= 4 is 45.6 Å². The van der Waals surface area contributed by atoms with Gasteiger partial charge in [-0.2, -0.15) is 10.1 Å². The van der Waals surface area contributed by atoms with E-state index >= 15 is 0 Å². The van der Waals surface area contributed by atoms with E-state index in [1.807, 2.05) is 13.2 Å². The number of aryl methyl sites for hydroxylation is 1. The third-order valence-electron chi connectivity index (χ3n) is 2.91. The molecule has 0 radical (unpaired) electrons. The summed E-state index contributed by atoms with van der Waals surface area (Å²) in [5.41, 5.74) is 1.43. The van der Waals surface area contributed by atoms with Crippen molar-refractivity contribution in [2.75, 3.05) is 12.4 Å². The molecule has 2 heterocycles. The fourth-order valence-electron chi connectivity index (χ4n) is 1.98. The molecule has 3 rings (SSSR count). The van der Waals surface area contributed by atoms with Gasteiger partial charge in [-0.3, -0.25) is 4.68 Å². The van der Waals surface area contributed by atoms with Gasteiger partial charge in [0, 0.05) is 18.6 Å². The maximum Gasteiger partial charge on any atom is 0.224 e. The number of ether oxygens (including phenoxy) is 1. The lowest BCUT2D eigenvalue weighted by Gasteiger charge is -2.10. The number of hydrogen-bond acceptors (Lipinski definition) is 5. The Bertz CT molecular complexity index is 818. The average molecular weight is 324 g/mol. The number of hydrogen-bond donors (Lipinski definition) is 1. The fraction of sp³-hybridized carbons (Fsp3) is 0.154. The van der Waals surface area contributed by atoms with E-state index in [0.717, 1.165) is 11.1 Å². The van der Waals surface area contributed by atoms with Crippen LogP contribution in [0.5, 0.6) is 5.75 Å². The van der Waals surface area contributed by atoms with E-state index in [1.165, 1.54) is 0 Å². The molecule has 1 N–H and O–H groups in total. The van der Waals surface area contributed by atoms with E-state index < -0.39 is 0 Å². The van der Waals surface area contributed by atoms with Gasteiger partial charge in [0.2, 0.25) is 5.28 Å². The molecule has 0 bridgehead atoms.